The van der Waals surface area contributed by atoms with Gasteiger partial charge in [-0.15, -0.1) is 0 Å². The van der Waals surface area contributed by atoms with Gasteiger partial charge in [0.1, 0.15) is 12.3 Å². The van der Waals surface area contributed by atoms with Gasteiger partial charge in [-0.3, -0.25) is 10.1 Å². The van der Waals surface area contributed by atoms with Gasteiger partial charge < -0.3 is 9.64 Å². The molecule has 0 atom stereocenters. The predicted molar refractivity (Wildman–Crippen MR) is 109 cm³/mol. The molecule has 1 saturated heterocycles. The maximum absolute atomic E-state index is 13.1. The number of aryl methyl sites for hydroxylation is 1. The van der Waals surface area contributed by atoms with Crippen molar-refractivity contribution in [2.45, 2.75) is 25.3 Å². The molecular weight excluding hydrogens is 394 g/mol. The van der Waals surface area contributed by atoms with Crippen molar-refractivity contribution in [2.24, 2.45) is 0 Å². The molecule has 0 saturated carbocycles. The number of hydrogen-bond acceptors (Lipinski definition) is 5. The summed E-state index contributed by atoms with van der Waals surface area (Å²) in [4.78, 5) is 11.8. The van der Waals surface area contributed by atoms with E-state index in [0.717, 1.165) is 23.9 Å². The summed E-state index contributed by atoms with van der Waals surface area (Å²) in [5.41, 5.74) is 1.40. The van der Waals surface area contributed by atoms with E-state index in [-0.39, 0.29) is 10.6 Å². The number of non-ortho nitro benzene ring substituents is 1. The Hall–Kier alpha value is -2.49. The molecule has 9 heteroatoms. The Balaban J connectivity index is 1.71. The summed E-state index contributed by atoms with van der Waals surface area (Å²) in [6.07, 6.45) is 0. The Labute approximate surface area is 170 Å². The molecule has 8 nitrogen and oxygen atoms in total. The molecule has 0 unspecified atom stereocenters. The van der Waals surface area contributed by atoms with Crippen LogP contribution in [-0.4, -0.2) is 50.4 Å². The lowest BCUT2D eigenvalue weighted by Crippen LogP contribution is -3.13. The highest BCUT2D eigenvalue weighted by atomic mass is 32.2. The number of nitro groups is 1. The highest BCUT2D eigenvalue weighted by Crippen LogP contribution is 2.25. The van der Waals surface area contributed by atoms with Crippen LogP contribution in [0, 0.1) is 17.0 Å². The Kier molecular flexibility index (Phi) is 6.51. The topological polar surface area (TPSA) is 94.2 Å². The van der Waals surface area contributed by atoms with E-state index >= 15 is 0 Å². The molecule has 0 aliphatic carbocycles. The quantitative estimate of drug-likeness (QED) is 0.540. The molecule has 1 fully saturated rings. The van der Waals surface area contributed by atoms with Crippen LogP contribution in [0.15, 0.2) is 47.4 Å². The van der Waals surface area contributed by atoms with Crippen molar-refractivity contribution in [3.05, 3.63) is 63.7 Å². The fraction of sp³-hybridized carbons (Fsp3) is 0.400. The van der Waals surface area contributed by atoms with E-state index in [1.54, 1.807) is 6.92 Å². The highest BCUT2D eigenvalue weighted by molar-refractivity contribution is 7.89. The molecule has 1 aliphatic heterocycles. The Morgan fingerprint density at radius 2 is 1.86 bits per heavy atom. The van der Waals surface area contributed by atoms with Gasteiger partial charge in [-0.2, -0.15) is 4.31 Å². The summed E-state index contributed by atoms with van der Waals surface area (Å²) in [6, 6.07) is 11.9. The second kappa shape index (κ2) is 8.89. The van der Waals surface area contributed by atoms with Crippen molar-refractivity contribution in [3.8, 4) is 5.75 Å². The molecule has 156 valence electrons. The van der Waals surface area contributed by atoms with E-state index < -0.39 is 14.9 Å². The molecule has 1 N–H and O–H groups in total. The average Bonchev–Trinajstić information content (AvgIpc) is 2.70. The minimum atomic E-state index is -3.77. The van der Waals surface area contributed by atoms with Crippen molar-refractivity contribution in [2.75, 3.05) is 32.8 Å². The molecule has 2 aromatic rings. The van der Waals surface area contributed by atoms with Gasteiger partial charge in [-0.25, -0.2) is 8.42 Å². The number of nitrogens with one attached hydrogen (secondary N) is 1. The first-order chi connectivity index (χ1) is 13.8. The Morgan fingerprint density at radius 3 is 2.52 bits per heavy atom. The lowest BCUT2D eigenvalue weighted by molar-refractivity contribution is -0.917. The third-order valence-corrected chi connectivity index (χ3v) is 7.18. The van der Waals surface area contributed by atoms with Gasteiger partial charge in [-0.05, 0) is 31.5 Å². The smallest absolute Gasteiger partial charge is 0.270 e. The minimum absolute atomic E-state index is 0.0110. The maximum atomic E-state index is 13.1. The van der Waals surface area contributed by atoms with Gasteiger partial charge in [0, 0.05) is 17.7 Å². The van der Waals surface area contributed by atoms with Crippen LogP contribution in [0.4, 0.5) is 5.69 Å². The zero-order chi connectivity index (χ0) is 21.0. The van der Waals surface area contributed by atoms with Crippen LogP contribution in [-0.2, 0) is 16.6 Å². The summed E-state index contributed by atoms with van der Waals surface area (Å²) in [5, 5.41) is 11.0. The monoisotopic (exact) mass is 420 g/mol. The lowest BCUT2D eigenvalue weighted by Gasteiger charge is -2.32. The first kappa shape index (κ1) is 21.2. The first-order valence-corrected chi connectivity index (χ1v) is 11.1. The molecule has 0 aromatic heterocycles. The van der Waals surface area contributed by atoms with Crippen LogP contribution in [0.5, 0.6) is 5.75 Å². The van der Waals surface area contributed by atoms with Gasteiger partial charge in [0.2, 0.25) is 10.0 Å². The minimum Gasteiger partial charge on any atom is -0.493 e. The summed E-state index contributed by atoms with van der Waals surface area (Å²) in [6.45, 7) is 7.03. The summed E-state index contributed by atoms with van der Waals surface area (Å²) >= 11 is 0. The molecule has 0 spiro atoms. The number of rotatable bonds is 7. The van der Waals surface area contributed by atoms with E-state index in [1.807, 2.05) is 31.2 Å². The van der Waals surface area contributed by atoms with E-state index in [4.69, 9.17) is 4.74 Å². The highest BCUT2D eigenvalue weighted by Gasteiger charge is 2.32. The number of piperazine rings is 1. The number of nitrogens with zero attached hydrogens (tertiary/aromatic N) is 2. The Bertz CT molecular complexity index is 985. The SMILES string of the molecule is CCOc1ccccc1C[NH+]1CCN(S(=O)(=O)c2cc([N+](=O)[O-])ccc2C)CC1. The molecule has 3 rings (SSSR count). The molecule has 2 aromatic carbocycles. The zero-order valence-corrected chi connectivity index (χ0v) is 17.4. The zero-order valence-electron chi connectivity index (χ0n) is 16.6. The molecule has 29 heavy (non-hydrogen) atoms. The van der Waals surface area contributed by atoms with Crippen LogP contribution in [0.3, 0.4) is 0 Å². The Morgan fingerprint density at radius 1 is 1.17 bits per heavy atom. The van der Waals surface area contributed by atoms with Crippen molar-refractivity contribution >= 4 is 15.7 Å². The normalized spacial score (nSPS) is 15.9. The van der Waals surface area contributed by atoms with E-state index in [0.29, 0.717) is 38.3 Å². The number of benzene rings is 2. The second-order valence-corrected chi connectivity index (χ2v) is 8.98. The van der Waals surface area contributed by atoms with Gasteiger partial charge in [0.25, 0.3) is 5.69 Å². The maximum Gasteiger partial charge on any atom is 0.270 e. The summed E-state index contributed by atoms with van der Waals surface area (Å²) in [5.74, 6) is 0.866. The number of quaternary nitrogens is 1. The molecular formula is C20H26N3O5S+. The lowest BCUT2D eigenvalue weighted by atomic mass is 10.2. The van der Waals surface area contributed by atoms with E-state index in [2.05, 4.69) is 0 Å². The molecule has 1 heterocycles. The molecule has 0 amide bonds. The van der Waals surface area contributed by atoms with Crippen molar-refractivity contribution < 1.29 is 23.0 Å². The van der Waals surface area contributed by atoms with Crippen molar-refractivity contribution in [3.63, 3.8) is 0 Å². The number of ether oxygens (including phenoxy) is 1. The van der Waals surface area contributed by atoms with Crippen LogP contribution in [0.25, 0.3) is 0 Å². The third kappa shape index (κ3) is 4.75. The van der Waals surface area contributed by atoms with E-state index in [1.165, 1.54) is 21.3 Å². The fourth-order valence-corrected chi connectivity index (χ4v) is 5.24. The molecule has 0 radical (unpaired) electrons. The first-order valence-electron chi connectivity index (χ1n) is 9.62. The van der Waals surface area contributed by atoms with Crippen LogP contribution < -0.4 is 9.64 Å². The molecule has 0 bridgehead atoms. The summed E-state index contributed by atoms with van der Waals surface area (Å²) < 4.78 is 33.2. The second-order valence-electron chi connectivity index (χ2n) is 7.08. The van der Waals surface area contributed by atoms with E-state index in [9.17, 15) is 18.5 Å². The standard InChI is InChI=1S/C20H25N3O5S/c1-3-28-19-7-5-4-6-17(19)15-21-10-12-22(13-11-21)29(26,27)20-14-18(23(24)25)9-8-16(20)2/h4-9,14H,3,10-13,15H2,1-2H3/p+1. The van der Waals surface area contributed by atoms with Crippen LogP contribution >= 0.6 is 0 Å². The molecule has 1 aliphatic rings. The van der Waals surface area contributed by atoms with Gasteiger partial charge in [0.15, 0.2) is 0 Å². The number of hydrogen-bond donors (Lipinski definition) is 1. The van der Waals surface area contributed by atoms with Crippen LogP contribution in [0.2, 0.25) is 0 Å². The predicted octanol–water partition coefficient (Wildman–Crippen LogP) is 1.39. The summed E-state index contributed by atoms with van der Waals surface area (Å²) in [7, 11) is -3.77. The van der Waals surface area contributed by atoms with Crippen LogP contribution in [0.1, 0.15) is 18.1 Å². The van der Waals surface area contributed by atoms with Crippen molar-refractivity contribution in [1.29, 1.82) is 0 Å². The number of nitro benzene ring substituents is 1. The average molecular weight is 421 g/mol. The largest absolute Gasteiger partial charge is 0.493 e. The fourth-order valence-electron chi connectivity index (χ4n) is 3.55. The van der Waals surface area contributed by atoms with Gasteiger partial charge in [0.05, 0.1) is 42.6 Å². The van der Waals surface area contributed by atoms with Crippen molar-refractivity contribution in [1.82, 2.24) is 4.31 Å². The van der Waals surface area contributed by atoms with Gasteiger partial charge >= 0.3 is 0 Å². The van der Waals surface area contributed by atoms with Gasteiger partial charge in [-0.1, -0.05) is 18.2 Å². The number of sulfonamides is 1. The number of para-hydroxylation sites is 1. The third-order valence-electron chi connectivity index (χ3n) is 5.14.